The van der Waals surface area contributed by atoms with E-state index in [1.807, 2.05) is 0 Å². The molecule has 3 aliphatic rings. The van der Waals surface area contributed by atoms with Gasteiger partial charge in [-0.05, 0) is 25.8 Å². The van der Waals surface area contributed by atoms with Gasteiger partial charge in [0.05, 0.1) is 0 Å². The van der Waals surface area contributed by atoms with E-state index in [4.69, 9.17) is 0 Å². The molecule has 23 heavy (non-hydrogen) atoms. The minimum absolute atomic E-state index is 0. The maximum atomic E-state index is 12.6. The lowest BCUT2D eigenvalue weighted by atomic mass is 9.82. The van der Waals surface area contributed by atoms with Gasteiger partial charge in [0.1, 0.15) is 12.1 Å². The molecule has 3 fully saturated rings. The molecule has 0 aromatic carbocycles. The van der Waals surface area contributed by atoms with Crippen LogP contribution in [0.4, 0.5) is 4.79 Å². The van der Waals surface area contributed by atoms with Crippen molar-refractivity contribution in [2.75, 3.05) is 32.7 Å². The summed E-state index contributed by atoms with van der Waals surface area (Å²) in [4.78, 5) is 40.0. The van der Waals surface area contributed by atoms with E-state index in [1.165, 1.54) is 0 Å². The monoisotopic (exact) mass is 344 g/mol. The van der Waals surface area contributed by atoms with Crippen molar-refractivity contribution in [3.63, 3.8) is 0 Å². The van der Waals surface area contributed by atoms with Crippen molar-refractivity contribution in [2.24, 2.45) is 0 Å². The van der Waals surface area contributed by atoms with Crippen LogP contribution in [0.25, 0.3) is 0 Å². The Hall–Kier alpha value is -1.34. The Morgan fingerprint density at radius 2 is 1.78 bits per heavy atom. The van der Waals surface area contributed by atoms with E-state index in [-0.39, 0.29) is 30.8 Å². The summed E-state index contributed by atoms with van der Waals surface area (Å²) in [5.41, 5.74) is -0.740. The Kier molecular flexibility index (Phi) is 5.86. The zero-order valence-corrected chi connectivity index (χ0v) is 14.1. The quantitative estimate of drug-likeness (QED) is 0.714. The number of urea groups is 1. The van der Waals surface area contributed by atoms with Crippen molar-refractivity contribution in [3.8, 4) is 0 Å². The van der Waals surface area contributed by atoms with Gasteiger partial charge < -0.3 is 15.5 Å². The number of hydrogen-bond donors (Lipinski definition) is 2. The van der Waals surface area contributed by atoms with Gasteiger partial charge in [-0.1, -0.05) is 19.3 Å². The third-order valence-corrected chi connectivity index (χ3v) is 4.94. The van der Waals surface area contributed by atoms with Gasteiger partial charge in [-0.25, -0.2) is 4.79 Å². The number of carbonyl (C=O) groups is 3. The maximum Gasteiger partial charge on any atom is 0.325 e. The molecule has 2 N–H and O–H groups in total. The van der Waals surface area contributed by atoms with Crippen LogP contribution < -0.4 is 10.6 Å². The zero-order chi connectivity index (χ0) is 15.6. The fourth-order valence-corrected chi connectivity index (χ4v) is 3.64. The second-order valence-corrected chi connectivity index (χ2v) is 6.45. The van der Waals surface area contributed by atoms with Crippen LogP contribution in [0.5, 0.6) is 0 Å². The average molecular weight is 345 g/mol. The van der Waals surface area contributed by atoms with Crippen molar-refractivity contribution in [1.82, 2.24) is 20.4 Å². The van der Waals surface area contributed by atoms with Crippen molar-refractivity contribution < 1.29 is 14.4 Å². The highest BCUT2D eigenvalue weighted by molar-refractivity contribution is 6.09. The van der Waals surface area contributed by atoms with Gasteiger partial charge in [0.15, 0.2) is 0 Å². The van der Waals surface area contributed by atoms with E-state index in [0.29, 0.717) is 25.9 Å². The highest BCUT2D eigenvalue weighted by atomic mass is 35.5. The average Bonchev–Trinajstić information content (AvgIpc) is 2.74. The lowest BCUT2D eigenvalue weighted by molar-refractivity contribution is -0.139. The molecule has 7 nitrogen and oxygen atoms in total. The molecule has 0 radical (unpaired) electrons. The summed E-state index contributed by atoms with van der Waals surface area (Å²) < 4.78 is 0. The van der Waals surface area contributed by atoms with Crippen LogP contribution in [0.1, 0.15) is 38.5 Å². The van der Waals surface area contributed by atoms with Gasteiger partial charge in [-0.15, -0.1) is 12.4 Å². The van der Waals surface area contributed by atoms with Crippen LogP contribution in [0.3, 0.4) is 0 Å². The normalized spacial score (nSPS) is 24.2. The fourth-order valence-electron chi connectivity index (χ4n) is 3.64. The molecule has 1 spiro atoms. The van der Waals surface area contributed by atoms with Gasteiger partial charge in [0.2, 0.25) is 5.91 Å². The molecule has 2 heterocycles. The largest absolute Gasteiger partial charge is 0.340 e. The Bertz CT molecular complexity index is 471. The van der Waals surface area contributed by atoms with Gasteiger partial charge in [0.25, 0.3) is 5.91 Å². The smallest absolute Gasteiger partial charge is 0.325 e. The van der Waals surface area contributed by atoms with Crippen molar-refractivity contribution >= 4 is 30.3 Å². The summed E-state index contributed by atoms with van der Waals surface area (Å²) in [6.45, 7) is 2.84. The van der Waals surface area contributed by atoms with Gasteiger partial charge in [-0.3, -0.25) is 14.5 Å². The Balaban J connectivity index is 0.00000192. The van der Waals surface area contributed by atoms with Crippen molar-refractivity contribution in [1.29, 1.82) is 0 Å². The first-order valence-electron chi connectivity index (χ1n) is 8.25. The molecule has 0 aromatic rings. The molecule has 2 aliphatic heterocycles. The Morgan fingerprint density at radius 3 is 2.52 bits per heavy atom. The highest BCUT2D eigenvalue weighted by Crippen LogP contribution is 2.33. The predicted molar refractivity (Wildman–Crippen MR) is 87.4 cm³/mol. The van der Waals surface area contributed by atoms with E-state index in [0.717, 1.165) is 43.7 Å². The molecule has 8 heteroatoms. The lowest BCUT2D eigenvalue weighted by Gasteiger charge is -2.30. The SMILES string of the molecule is Cl.O=C(CN1C(=O)NC2(CCCCC2)C1=O)N1CCCNCC1. The molecule has 4 amide bonds. The number of nitrogens with zero attached hydrogens (tertiary/aromatic N) is 2. The van der Waals surface area contributed by atoms with Crippen molar-refractivity contribution in [2.45, 2.75) is 44.1 Å². The molecular formula is C15H25ClN4O3. The fraction of sp³-hybridized carbons (Fsp3) is 0.800. The predicted octanol–water partition coefficient (Wildman–Crippen LogP) is 0.485. The number of nitrogens with one attached hydrogen (secondary N) is 2. The summed E-state index contributed by atoms with van der Waals surface area (Å²) in [5.74, 6) is -0.349. The number of amides is 4. The first kappa shape index (κ1) is 18.0. The van der Waals surface area contributed by atoms with E-state index < -0.39 is 11.6 Å². The first-order valence-corrected chi connectivity index (χ1v) is 8.25. The van der Waals surface area contributed by atoms with Crippen LogP contribution in [-0.4, -0.2) is 65.9 Å². The number of carbonyl (C=O) groups excluding carboxylic acids is 3. The second-order valence-electron chi connectivity index (χ2n) is 6.45. The minimum Gasteiger partial charge on any atom is -0.340 e. The molecule has 0 bridgehead atoms. The summed E-state index contributed by atoms with van der Waals surface area (Å²) in [6, 6.07) is -0.409. The highest BCUT2D eigenvalue weighted by Gasteiger charge is 2.51. The standard InChI is InChI=1S/C15H24N4O3.ClH/c20-12(18-9-4-7-16-8-10-18)11-19-13(21)15(17-14(19)22)5-2-1-3-6-15;/h16H,1-11H2,(H,17,22);1H. The van der Waals surface area contributed by atoms with E-state index in [1.54, 1.807) is 4.90 Å². The van der Waals surface area contributed by atoms with E-state index in [9.17, 15) is 14.4 Å². The van der Waals surface area contributed by atoms with Crippen LogP contribution >= 0.6 is 12.4 Å². The Labute approximate surface area is 142 Å². The molecule has 0 unspecified atom stereocenters. The first-order chi connectivity index (χ1) is 10.6. The number of imide groups is 1. The third kappa shape index (κ3) is 3.61. The topological polar surface area (TPSA) is 81.8 Å². The molecule has 0 aromatic heterocycles. The lowest BCUT2D eigenvalue weighted by Crippen LogP contribution is -2.49. The summed E-state index contributed by atoms with van der Waals surface area (Å²) >= 11 is 0. The van der Waals surface area contributed by atoms with Gasteiger partial charge >= 0.3 is 6.03 Å². The molecule has 3 rings (SSSR count). The van der Waals surface area contributed by atoms with Gasteiger partial charge in [0, 0.05) is 19.6 Å². The summed E-state index contributed by atoms with van der Waals surface area (Å²) in [7, 11) is 0. The second kappa shape index (κ2) is 7.49. The minimum atomic E-state index is -0.740. The van der Waals surface area contributed by atoms with Crippen molar-refractivity contribution in [3.05, 3.63) is 0 Å². The summed E-state index contributed by atoms with van der Waals surface area (Å²) in [6.07, 6.45) is 5.28. The maximum absolute atomic E-state index is 12.6. The molecule has 1 saturated carbocycles. The number of rotatable bonds is 2. The van der Waals surface area contributed by atoms with Crippen LogP contribution in [-0.2, 0) is 9.59 Å². The molecule has 2 saturated heterocycles. The molecule has 130 valence electrons. The zero-order valence-electron chi connectivity index (χ0n) is 13.3. The third-order valence-electron chi connectivity index (χ3n) is 4.94. The molecule has 0 atom stereocenters. The molecular weight excluding hydrogens is 320 g/mol. The van der Waals surface area contributed by atoms with Crippen LogP contribution in [0, 0.1) is 0 Å². The number of hydrogen-bond acceptors (Lipinski definition) is 4. The summed E-state index contributed by atoms with van der Waals surface area (Å²) in [5, 5.41) is 6.08. The number of halogens is 1. The van der Waals surface area contributed by atoms with E-state index >= 15 is 0 Å². The molecule has 1 aliphatic carbocycles. The van der Waals surface area contributed by atoms with Crippen LogP contribution in [0.15, 0.2) is 0 Å². The van der Waals surface area contributed by atoms with E-state index in [2.05, 4.69) is 10.6 Å². The van der Waals surface area contributed by atoms with Crippen LogP contribution in [0.2, 0.25) is 0 Å². The van der Waals surface area contributed by atoms with Gasteiger partial charge in [-0.2, -0.15) is 0 Å². The Morgan fingerprint density at radius 1 is 1.04 bits per heavy atom.